The van der Waals surface area contributed by atoms with Gasteiger partial charge in [0, 0.05) is 12.1 Å². The van der Waals surface area contributed by atoms with Crippen molar-refractivity contribution >= 4 is 23.1 Å². The Morgan fingerprint density at radius 2 is 2.00 bits per heavy atom. The van der Waals surface area contributed by atoms with Gasteiger partial charge in [-0.1, -0.05) is 0 Å². The number of nitrogens with zero attached hydrogens (tertiary/aromatic N) is 1. The predicted molar refractivity (Wildman–Crippen MR) is 72.4 cm³/mol. The normalized spacial score (nSPS) is 17.7. The number of aromatic amines is 1. The highest BCUT2D eigenvalue weighted by molar-refractivity contribution is 7.71. The van der Waals surface area contributed by atoms with Crippen molar-refractivity contribution in [3.63, 3.8) is 0 Å². The second-order valence-corrected chi connectivity index (χ2v) is 5.33. The van der Waals surface area contributed by atoms with Crippen LogP contribution in [0, 0.1) is 4.77 Å². The number of rotatable bonds is 1. The molecule has 98 valence electrons. The van der Waals surface area contributed by atoms with E-state index in [9.17, 15) is 4.79 Å². The zero-order chi connectivity index (χ0) is 13.0. The Bertz CT molecular complexity index is 789. The molecule has 6 heteroatoms. The standard InChI is InChI=1S/C13H12N2O3S/c16-12-8-4-10-11(18-6-17-10)5-9(8)14-13(19)15(12)7-2-1-3-7/h4-5,7H,1-3,6H2,(H,14,19). The maximum absolute atomic E-state index is 12.6. The van der Waals surface area contributed by atoms with Gasteiger partial charge in [-0.3, -0.25) is 9.36 Å². The third-order valence-corrected chi connectivity index (χ3v) is 4.16. The summed E-state index contributed by atoms with van der Waals surface area (Å²) in [5.74, 6) is 1.27. The molecule has 1 aliphatic heterocycles. The second kappa shape index (κ2) is 3.84. The summed E-state index contributed by atoms with van der Waals surface area (Å²) in [6.07, 6.45) is 3.20. The monoisotopic (exact) mass is 276 g/mol. The Morgan fingerprint density at radius 1 is 1.26 bits per heavy atom. The molecule has 0 bridgehead atoms. The van der Waals surface area contributed by atoms with Gasteiger partial charge in [-0.15, -0.1) is 0 Å². The predicted octanol–water partition coefficient (Wildman–Crippen LogP) is 2.51. The van der Waals surface area contributed by atoms with Crippen LogP contribution in [0.5, 0.6) is 11.5 Å². The van der Waals surface area contributed by atoms with Gasteiger partial charge in [0.1, 0.15) is 0 Å². The Morgan fingerprint density at radius 3 is 2.68 bits per heavy atom. The lowest BCUT2D eigenvalue weighted by atomic mass is 9.93. The fourth-order valence-electron chi connectivity index (χ4n) is 2.60. The zero-order valence-electron chi connectivity index (χ0n) is 10.1. The summed E-state index contributed by atoms with van der Waals surface area (Å²) in [5.41, 5.74) is 0.663. The van der Waals surface area contributed by atoms with Crippen LogP contribution < -0.4 is 15.0 Å². The molecule has 0 amide bonds. The van der Waals surface area contributed by atoms with E-state index in [4.69, 9.17) is 21.7 Å². The Hall–Kier alpha value is -1.82. The molecule has 1 fully saturated rings. The van der Waals surface area contributed by atoms with E-state index >= 15 is 0 Å². The van der Waals surface area contributed by atoms with E-state index in [-0.39, 0.29) is 18.4 Å². The minimum Gasteiger partial charge on any atom is -0.454 e. The van der Waals surface area contributed by atoms with Gasteiger partial charge >= 0.3 is 0 Å². The van der Waals surface area contributed by atoms with Crippen LogP contribution in [0.2, 0.25) is 0 Å². The Kier molecular flexibility index (Phi) is 2.23. The molecule has 2 aromatic rings. The quantitative estimate of drug-likeness (QED) is 0.813. The zero-order valence-corrected chi connectivity index (χ0v) is 11.0. The van der Waals surface area contributed by atoms with Gasteiger partial charge in [0.05, 0.1) is 10.9 Å². The van der Waals surface area contributed by atoms with Gasteiger partial charge in [0.25, 0.3) is 5.56 Å². The van der Waals surface area contributed by atoms with E-state index < -0.39 is 0 Å². The average Bonchev–Trinajstić information content (AvgIpc) is 2.77. The lowest BCUT2D eigenvalue weighted by Gasteiger charge is -2.27. The van der Waals surface area contributed by atoms with Crippen molar-refractivity contribution in [2.45, 2.75) is 25.3 Å². The Labute approximate surface area is 113 Å². The third kappa shape index (κ3) is 1.53. The maximum atomic E-state index is 12.6. The SMILES string of the molecule is O=c1c2cc3c(cc2[nH]c(=S)n1C1CCC1)OCO3. The lowest BCUT2D eigenvalue weighted by Crippen LogP contribution is -2.30. The number of benzene rings is 1. The van der Waals surface area contributed by atoms with Crippen LogP contribution in [0.4, 0.5) is 0 Å². The van der Waals surface area contributed by atoms with Crippen LogP contribution >= 0.6 is 12.2 Å². The van der Waals surface area contributed by atoms with Gasteiger partial charge in [-0.2, -0.15) is 0 Å². The topological polar surface area (TPSA) is 56.2 Å². The second-order valence-electron chi connectivity index (χ2n) is 4.94. The molecule has 0 atom stereocenters. The molecular formula is C13H12N2O3S. The van der Waals surface area contributed by atoms with Crippen molar-refractivity contribution in [1.29, 1.82) is 0 Å². The van der Waals surface area contributed by atoms with Crippen LogP contribution in [0.15, 0.2) is 16.9 Å². The van der Waals surface area contributed by atoms with Gasteiger partial charge in [0.15, 0.2) is 16.3 Å². The molecule has 4 rings (SSSR count). The number of aromatic nitrogens is 2. The highest BCUT2D eigenvalue weighted by Gasteiger charge is 2.23. The summed E-state index contributed by atoms with van der Waals surface area (Å²) in [6, 6.07) is 3.76. The van der Waals surface area contributed by atoms with E-state index in [1.807, 2.05) is 0 Å². The Balaban J connectivity index is 2.04. The summed E-state index contributed by atoms with van der Waals surface area (Å²) < 4.78 is 12.8. The fourth-order valence-corrected chi connectivity index (χ4v) is 2.94. The van der Waals surface area contributed by atoms with Crippen LogP contribution in [0.3, 0.4) is 0 Å². The van der Waals surface area contributed by atoms with Crippen LogP contribution in [-0.2, 0) is 0 Å². The largest absolute Gasteiger partial charge is 0.454 e. The molecular weight excluding hydrogens is 264 g/mol. The number of nitrogens with one attached hydrogen (secondary N) is 1. The summed E-state index contributed by atoms with van der Waals surface area (Å²) >= 11 is 5.31. The molecule has 1 saturated carbocycles. The fraction of sp³-hybridized carbons (Fsp3) is 0.385. The van der Waals surface area contributed by atoms with Gasteiger partial charge in [0.2, 0.25) is 6.79 Å². The first-order chi connectivity index (χ1) is 9.24. The van der Waals surface area contributed by atoms with Crippen LogP contribution in [-0.4, -0.2) is 16.3 Å². The number of hydrogen-bond donors (Lipinski definition) is 1. The summed E-state index contributed by atoms with van der Waals surface area (Å²) in [5, 5.41) is 0.602. The highest BCUT2D eigenvalue weighted by atomic mass is 32.1. The molecule has 1 aromatic carbocycles. The summed E-state index contributed by atoms with van der Waals surface area (Å²) in [6.45, 7) is 0.198. The first-order valence-corrected chi connectivity index (χ1v) is 6.73. The van der Waals surface area contributed by atoms with Crippen molar-refractivity contribution in [2.24, 2.45) is 0 Å². The minimum atomic E-state index is -0.0400. The molecule has 0 spiro atoms. The van der Waals surface area contributed by atoms with Crippen LogP contribution in [0.25, 0.3) is 10.9 Å². The molecule has 2 heterocycles. The van der Waals surface area contributed by atoms with E-state index in [0.29, 0.717) is 27.2 Å². The van der Waals surface area contributed by atoms with Crippen molar-refractivity contribution in [2.75, 3.05) is 6.79 Å². The number of H-pyrrole nitrogens is 1. The van der Waals surface area contributed by atoms with E-state index in [0.717, 1.165) is 19.3 Å². The summed E-state index contributed by atoms with van der Waals surface area (Å²) in [4.78, 5) is 15.7. The van der Waals surface area contributed by atoms with Gasteiger partial charge in [-0.25, -0.2) is 0 Å². The first-order valence-electron chi connectivity index (χ1n) is 6.32. The number of fused-ring (bicyclic) bond motifs is 2. The molecule has 5 nitrogen and oxygen atoms in total. The molecule has 1 aromatic heterocycles. The lowest BCUT2D eigenvalue weighted by molar-refractivity contribution is 0.174. The van der Waals surface area contributed by atoms with E-state index in [2.05, 4.69) is 4.98 Å². The molecule has 1 N–H and O–H groups in total. The van der Waals surface area contributed by atoms with E-state index in [1.54, 1.807) is 16.7 Å². The minimum absolute atomic E-state index is 0.0400. The maximum Gasteiger partial charge on any atom is 0.262 e. The van der Waals surface area contributed by atoms with Crippen molar-refractivity contribution in [3.8, 4) is 11.5 Å². The highest BCUT2D eigenvalue weighted by Crippen LogP contribution is 2.35. The molecule has 1 aliphatic carbocycles. The summed E-state index contributed by atoms with van der Waals surface area (Å²) in [7, 11) is 0. The number of ether oxygens (including phenoxy) is 2. The number of hydrogen-bond acceptors (Lipinski definition) is 4. The molecule has 0 radical (unpaired) electrons. The molecule has 19 heavy (non-hydrogen) atoms. The van der Waals surface area contributed by atoms with Crippen molar-refractivity contribution < 1.29 is 9.47 Å². The van der Waals surface area contributed by atoms with Gasteiger partial charge in [-0.05, 0) is 37.5 Å². The third-order valence-electron chi connectivity index (χ3n) is 3.86. The first kappa shape index (κ1) is 11.0. The van der Waals surface area contributed by atoms with Crippen LogP contribution in [0.1, 0.15) is 25.3 Å². The van der Waals surface area contributed by atoms with Gasteiger partial charge < -0.3 is 14.5 Å². The molecule has 2 aliphatic rings. The molecule has 0 saturated heterocycles. The van der Waals surface area contributed by atoms with Crippen molar-refractivity contribution in [1.82, 2.24) is 9.55 Å². The molecule has 0 unspecified atom stereocenters. The smallest absolute Gasteiger partial charge is 0.262 e. The average molecular weight is 276 g/mol. The van der Waals surface area contributed by atoms with Crippen molar-refractivity contribution in [3.05, 3.63) is 27.3 Å². The van der Waals surface area contributed by atoms with E-state index in [1.165, 1.54) is 0 Å².